The maximum Gasteiger partial charge on any atom is 0.244 e. The zero-order valence-electron chi connectivity index (χ0n) is 12.2. The van der Waals surface area contributed by atoms with Crippen LogP contribution in [-0.2, 0) is 4.79 Å². The predicted molar refractivity (Wildman–Crippen MR) is 86.0 cm³/mol. The number of carbonyl (C=O) groups is 1. The lowest BCUT2D eigenvalue weighted by molar-refractivity contribution is -0.133. The Bertz CT molecular complexity index is 598. The quantitative estimate of drug-likeness (QED) is 0.938. The van der Waals surface area contributed by atoms with Crippen LogP contribution in [0.4, 0.5) is 0 Å². The van der Waals surface area contributed by atoms with Gasteiger partial charge in [0.2, 0.25) is 5.91 Å². The van der Waals surface area contributed by atoms with Crippen molar-refractivity contribution in [3.8, 4) is 0 Å². The first-order chi connectivity index (χ1) is 10.0. The number of nitrogens with two attached hydrogens (primary N) is 1. The van der Waals surface area contributed by atoms with Gasteiger partial charge in [-0.3, -0.25) is 4.79 Å². The van der Waals surface area contributed by atoms with E-state index in [1.165, 1.54) is 0 Å². The zero-order chi connectivity index (χ0) is 15.4. The van der Waals surface area contributed by atoms with Crippen molar-refractivity contribution in [1.82, 2.24) is 4.90 Å². The molecule has 0 spiro atoms. The van der Waals surface area contributed by atoms with Crippen LogP contribution in [0.1, 0.15) is 30.1 Å². The van der Waals surface area contributed by atoms with Gasteiger partial charge in [0.25, 0.3) is 0 Å². The van der Waals surface area contributed by atoms with Gasteiger partial charge in [-0.1, -0.05) is 54.1 Å². The summed E-state index contributed by atoms with van der Waals surface area (Å²) < 4.78 is 0. The molecule has 0 fully saturated rings. The number of likely N-dealkylation sites (N-methyl/N-ethyl adjacent to an activating group) is 1. The monoisotopic (exact) mass is 302 g/mol. The molecule has 4 heteroatoms. The van der Waals surface area contributed by atoms with E-state index in [1.54, 1.807) is 11.9 Å². The molecule has 3 nitrogen and oxygen atoms in total. The summed E-state index contributed by atoms with van der Waals surface area (Å²) >= 11 is 5.89. The van der Waals surface area contributed by atoms with Crippen molar-refractivity contribution in [2.45, 2.75) is 19.0 Å². The third-order valence-corrected chi connectivity index (χ3v) is 3.96. The Morgan fingerprint density at radius 3 is 2.19 bits per heavy atom. The molecule has 0 aliphatic heterocycles. The lowest BCUT2D eigenvalue weighted by atomic mass is 10.0. The van der Waals surface area contributed by atoms with Crippen molar-refractivity contribution in [1.29, 1.82) is 0 Å². The second-order valence-electron chi connectivity index (χ2n) is 5.07. The first-order valence-corrected chi connectivity index (χ1v) is 7.21. The molecule has 110 valence electrons. The molecule has 2 rings (SSSR count). The fraction of sp³-hybridized carbons (Fsp3) is 0.235. The van der Waals surface area contributed by atoms with E-state index in [-0.39, 0.29) is 11.9 Å². The van der Waals surface area contributed by atoms with Gasteiger partial charge < -0.3 is 10.6 Å². The first kappa shape index (κ1) is 15.5. The van der Waals surface area contributed by atoms with Crippen molar-refractivity contribution < 1.29 is 4.79 Å². The topological polar surface area (TPSA) is 46.3 Å². The van der Waals surface area contributed by atoms with Crippen LogP contribution < -0.4 is 5.73 Å². The molecule has 0 aliphatic rings. The number of carbonyl (C=O) groups excluding carboxylic acids is 1. The van der Waals surface area contributed by atoms with Gasteiger partial charge in [-0.2, -0.15) is 0 Å². The molecule has 1 amide bonds. The SMILES string of the molecule is CC(c1ccc(Cl)cc1)N(C)C(=O)[C@H](N)c1ccccc1. The van der Waals surface area contributed by atoms with Crippen molar-refractivity contribution >= 4 is 17.5 Å². The number of hydrogen-bond acceptors (Lipinski definition) is 2. The number of nitrogens with zero attached hydrogens (tertiary/aromatic N) is 1. The van der Waals surface area contributed by atoms with E-state index in [1.807, 2.05) is 61.5 Å². The Labute approximate surface area is 130 Å². The second kappa shape index (κ2) is 6.74. The molecule has 1 unspecified atom stereocenters. The van der Waals surface area contributed by atoms with Crippen LogP contribution in [0.3, 0.4) is 0 Å². The number of halogens is 1. The molecule has 0 radical (unpaired) electrons. The Hall–Kier alpha value is -1.84. The summed E-state index contributed by atoms with van der Waals surface area (Å²) in [4.78, 5) is 14.2. The fourth-order valence-electron chi connectivity index (χ4n) is 2.18. The standard InChI is InChI=1S/C17H19ClN2O/c1-12(13-8-10-15(18)11-9-13)20(2)17(21)16(19)14-6-4-3-5-7-14/h3-12,16H,19H2,1-2H3/t12?,16-/m1/s1. The van der Waals surface area contributed by atoms with Gasteiger partial charge in [0.1, 0.15) is 6.04 Å². The van der Waals surface area contributed by atoms with Gasteiger partial charge in [0.05, 0.1) is 6.04 Å². The highest BCUT2D eigenvalue weighted by Gasteiger charge is 2.23. The maximum absolute atomic E-state index is 12.5. The highest BCUT2D eigenvalue weighted by atomic mass is 35.5. The van der Waals surface area contributed by atoms with Crippen LogP contribution in [-0.4, -0.2) is 17.9 Å². The molecule has 2 aromatic rings. The van der Waals surface area contributed by atoms with E-state index in [4.69, 9.17) is 17.3 Å². The molecule has 21 heavy (non-hydrogen) atoms. The molecule has 2 atom stereocenters. The molecule has 0 heterocycles. The second-order valence-corrected chi connectivity index (χ2v) is 5.50. The van der Waals surface area contributed by atoms with Crippen LogP contribution >= 0.6 is 11.6 Å². The average Bonchev–Trinajstić information content (AvgIpc) is 2.53. The third kappa shape index (κ3) is 3.63. The minimum absolute atomic E-state index is 0.0653. The minimum atomic E-state index is -0.647. The fourth-order valence-corrected chi connectivity index (χ4v) is 2.30. The molecule has 0 aromatic heterocycles. The van der Waals surface area contributed by atoms with E-state index in [2.05, 4.69) is 0 Å². The highest BCUT2D eigenvalue weighted by molar-refractivity contribution is 6.30. The smallest absolute Gasteiger partial charge is 0.244 e. The number of benzene rings is 2. The van der Waals surface area contributed by atoms with E-state index in [0.717, 1.165) is 11.1 Å². The lowest BCUT2D eigenvalue weighted by Crippen LogP contribution is -2.37. The zero-order valence-corrected chi connectivity index (χ0v) is 12.9. The summed E-state index contributed by atoms with van der Waals surface area (Å²) in [5.74, 6) is -0.108. The predicted octanol–water partition coefficient (Wildman–Crippen LogP) is 3.56. The van der Waals surface area contributed by atoms with Gasteiger partial charge in [0.15, 0.2) is 0 Å². The summed E-state index contributed by atoms with van der Waals surface area (Å²) in [7, 11) is 1.77. The summed E-state index contributed by atoms with van der Waals surface area (Å²) in [5.41, 5.74) is 7.91. The number of rotatable bonds is 4. The average molecular weight is 303 g/mol. The van der Waals surface area contributed by atoms with Crippen LogP contribution in [0, 0.1) is 0 Å². The molecule has 2 N–H and O–H groups in total. The largest absolute Gasteiger partial charge is 0.337 e. The van der Waals surface area contributed by atoms with Gasteiger partial charge >= 0.3 is 0 Å². The Morgan fingerprint density at radius 2 is 1.62 bits per heavy atom. The maximum atomic E-state index is 12.5. The van der Waals surface area contributed by atoms with E-state index >= 15 is 0 Å². The van der Waals surface area contributed by atoms with Gasteiger partial charge in [-0.15, -0.1) is 0 Å². The summed E-state index contributed by atoms with van der Waals surface area (Å²) in [5, 5.41) is 0.681. The molecule has 0 aliphatic carbocycles. The van der Waals surface area contributed by atoms with Crippen molar-refractivity contribution in [3.05, 3.63) is 70.7 Å². The van der Waals surface area contributed by atoms with Crippen LogP contribution in [0.15, 0.2) is 54.6 Å². The Kier molecular flexibility index (Phi) is 4.99. The van der Waals surface area contributed by atoms with E-state index < -0.39 is 6.04 Å². The molecule has 0 saturated carbocycles. The molecular formula is C17H19ClN2O. The van der Waals surface area contributed by atoms with Gasteiger partial charge in [-0.05, 0) is 30.2 Å². The molecule has 2 aromatic carbocycles. The molecule has 0 bridgehead atoms. The first-order valence-electron chi connectivity index (χ1n) is 6.83. The van der Waals surface area contributed by atoms with Crippen molar-refractivity contribution in [2.75, 3.05) is 7.05 Å². The summed E-state index contributed by atoms with van der Waals surface area (Å²) in [6.45, 7) is 1.97. The van der Waals surface area contributed by atoms with E-state index in [0.29, 0.717) is 5.02 Å². The molecule has 0 saturated heterocycles. The summed E-state index contributed by atoms with van der Waals surface area (Å²) in [6, 6.07) is 16.2. The summed E-state index contributed by atoms with van der Waals surface area (Å²) in [6.07, 6.45) is 0. The van der Waals surface area contributed by atoms with Crippen LogP contribution in [0.5, 0.6) is 0 Å². The number of amides is 1. The third-order valence-electron chi connectivity index (χ3n) is 3.71. The van der Waals surface area contributed by atoms with Crippen LogP contribution in [0.2, 0.25) is 5.02 Å². The van der Waals surface area contributed by atoms with Crippen molar-refractivity contribution in [2.24, 2.45) is 5.73 Å². The minimum Gasteiger partial charge on any atom is -0.337 e. The molecular weight excluding hydrogens is 284 g/mol. The normalized spacial score (nSPS) is 13.5. The Morgan fingerprint density at radius 1 is 1.05 bits per heavy atom. The van der Waals surface area contributed by atoms with Gasteiger partial charge in [0, 0.05) is 12.1 Å². The van der Waals surface area contributed by atoms with Crippen LogP contribution in [0.25, 0.3) is 0 Å². The highest BCUT2D eigenvalue weighted by Crippen LogP contribution is 2.23. The van der Waals surface area contributed by atoms with Gasteiger partial charge in [-0.25, -0.2) is 0 Å². The lowest BCUT2D eigenvalue weighted by Gasteiger charge is -2.28. The van der Waals surface area contributed by atoms with E-state index in [9.17, 15) is 4.79 Å². The number of hydrogen-bond donors (Lipinski definition) is 1. The van der Waals surface area contributed by atoms with Crippen molar-refractivity contribution in [3.63, 3.8) is 0 Å². The Balaban J connectivity index is 2.13.